The molecule has 0 fully saturated rings. The molecule has 0 aliphatic heterocycles. The molecule has 0 bridgehead atoms. The molecule has 0 saturated heterocycles. The fourth-order valence-corrected chi connectivity index (χ4v) is 3.80. The van der Waals surface area contributed by atoms with Crippen molar-refractivity contribution in [3.8, 4) is 0 Å². The van der Waals surface area contributed by atoms with Crippen molar-refractivity contribution in [3.05, 3.63) is 106 Å². The monoisotopic (exact) mass is 420 g/mol. The Morgan fingerprint density at radius 3 is 2.23 bits per heavy atom. The molecule has 152 valence electrons. The van der Waals surface area contributed by atoms with Crippen LogP contribution in [-0.2, 0) is 11.3 Å². The molecule has 1 aromatic heterocycles. The molecule has 0 saturated carbocycles. The first kappa shape index (κ1) is 20.0. The first-order valence-corrected chi connectivity index (χ1v) is 10.1. The van der Waals surface area contributed by atoms with Crippen LogP contribution in [0.2, 0.25) is 5.02 Å². The topological polar surface area (TPSA) is 64.2 Å². The maximum absolute atomic E-state index is 12.5. The van der Waals surface area contributed by atoms with Crippen molar-refractivity contribution < 1.29 is 9.21 Å². The minimum Gasteiger partial charge on any atom is -0.408 e. The molecule has 1 amide bonds. The fourth-order valence-electron chi connectivity index (χ4n) is 3.64. The lowest BCUT2D eigenvalue weighted by Crippen LogP contribution is -2.32. The van der Waals surface area contributed by atoms with E-state index in [2.05, 4.69) is 29.6 Å². The van der Waals surface area contributed by atoms with Crippen molar-refractivity contribution in [2.75, 3.05) is 6.54 Å². The normalized spacial score (nSPS) is 11.1. The van der Waals surface area contributed by atoms with E-state index in [0.29, 0.717) is 22.7 Å². The summed E-state index contributed by atoms with van der Waals surface area (Å²) in [5, 5.41) is 3.40. The van der Waals surface area contributed by atoms with E-state index in [1.807, 2.05) is 36.4 Å². The lowest BCUT2D eigenvalue weighted by Gasteiger charge is -2.18. The number of hydrogen-bond acceptors (Lipinski definition) is 3. The van der Waals surface area contributed by atoms with Crippen LogP contribution in [-0.4, -0.2) is 17.0 Å². The van der Waals surface area contributed by atoms with E-state index >= 15 is 0 Å². The van der Waals surface area contributed by atoms with Crippen molar-refractivity contribution in [1.29, 1.82) is 0 Å². The highest BCUT2D eigenvalue weighted by atomic mass is 35.5. The number of carbonyl (C=O) groups is 1. The second kappa shape index (κ2) is 9.01. The molecule has 0 atom stereocenters. The van der Waals surface area contributed by atoms with E-state index in [1.165, 1.54) is 15.7 Å². The quantitative estimate of drug-likeness (QED) is 0.475. The molecule has 0 unspecified atom stereocenters. The number of halogens is 1. The lowest BCUT2D eigenvalue weighted by molar-refractivity contribution is -0.121. The van der Waals surface area contributed by atoms with Crippen molar-refractivity contribution in [2.24, 2.45) is 0 Å². The van der Waals surface area contributed by atoms with Gasteiger partial charge in [-0.15, -0.1) is 0 Å². The summed E-state index contributed by atoms with van der Waals surface area (Å²) in [6, 6.07) is 25.3. The summed E-state index contributed by atoms with van der Waals surface area (Å²) in [5.41, 5.74) is 3.31. The fraction of sp³-hybridized carbons (Fsp3) is 0.167. The van der Waals surface area contributed by atoms with Crippen molar-refractivity contribution >= 4 is 28.6 Å². The Labute approximate surface area is 178 Å². The third kappa shape index (κ3) is 4.47. The number of benzene rings is 3. The van der Waals surface area contributed by atoms with Crippen LogP contribution in [0.5, 0.6) is 0 Å². The van der Waals surface area contributed by atoms with E-state index < -0.39 is 5.76 Å². The van der Waals surface area contributed by atoms with Gasteiger partial charge in [0.05, 0.1) is 5.52 Å². The molecule has 6 heteroatoms. The van der Waals surface area contributed by atoms with E-state index in [1.54, 1.807) is 18.2 Å². The van der Waals surface area contributed by atoms with E-state index in [-0.39, 0.29) is 18.4 Å². The molecule has 4 aromatic rings. The minimum absolute atomic E-state index is 0.118. The largest absolute Gasteiger partial charge is 0.420 e. The lowest BCUT2D eigenvalue weighted by atomic mass is 9.88. The highest BCUT2D eigenvalue weighted by Crippen LogP contribution is 2.27. The summed E-state index contributed by atoms with van der Waals surface area (Å²) in [6.45, 7) is 0.367. The molecule has 0 aliphatic rings. The maximum atomic E-state index is 12.5. The number of hydrogen-bond donors (Lipinski definition) is 1. The van der Waals surface area contributed by atoms with Crippen molar-refractivity contribution in [1.82, 2.24) is 9.88 Å². The van der Waals surface area contributed by atoms with E-state index in [0.717, 1.165) is 6.42 Å². The summed E-state index contributed by atoms with van der Waals surface area (Å²) < 4.78 is 6.48. The zero-order valence-corrected chi connectivity index (χ0v) is 17.0. The second-order valence-corrected chi connectivity index (χ2v) is 7.52. The van der Waals surface area contributed by atoms with Gasteiger partial charge in [-0.05, 0) is 35.7 Å². The third-order valence-electron chi connectivity index (χ3n) is 5.09. The molecule has 1 N–H and O–H groups in total. The van der Waals surface area contributed by atoms with Crippen LogP contribution in [0, 0.1) is 0 Å². The molecular formula is C24H21ClN2O3. The summed E-state index contributed by atoms with van der Waals surface area (Å²) >= 11 is 6.01. The number of amides is 1. The zero-order chi connectivity index (χ0) is 20.9. The SMILES string of the molecule is O=C(Cn1c(=O)oc2ccc(Cl)cc21)NCCC(c1ccccc1)c1ccccc1. The van der Waals surface area contributed by atoms with Gasteiger partial charge < -0.3 is 9.73 Å². The Kier molecular flexibility index (Phi) is 6.00. The number of nitrogens with one attached hydrogen (secondary N) is 1. The van der Waals surface area contributed by atoms with Gasteiger partial charge in [0.2, 0.25) is 5.91 Å². The molecule has 0 aliphatic carbocycles. The van der Waals surface area contributed by atoms with Crippen LogP contribution in [0.4, 0.5) is 0 Å². The number of nitrogens with zero attached hydrogens (tertiary/aromatic N) is 1. The molecule has 3 aromatic carbocycles. The zero-order valence-electron chi connectivity index (χ0n) is 16.3. The van der Waals surface area contributed by atoms with Crippen LogP contribution in [0.15, 0.2) is 88.1 Å². The molecule has 0 radical (unpaired) electrons. The summed E-state index contributed by atoms with van der Waals surface area (Å²) in [7, 11) is 0. The standard InChI is InChI=1S/C24H21ClN2O3/c25-19-11-12-22-21(15-19)27(24(29)30-22)16-23(28)26-14-13-20(17-7-3-1-4-8-17)18-9-5-2-6-10-18/h1-12,15,20H,13-14,16H2,(H,26,28). The number of carbonyl (C=O) groups excluding carboxylic acids is 1. The predicted octanol–water partition coefficient (Wildman–Crippen LogP) is 4.59. The highest BCUT2D eigenvalue weighted by Gasteiger charge is 2.16. The van der Waals surface area contributed by atoms with Crippen LogP contribution >= 0.6 is 11.6 Å². The average molecular weight is 421 g/mol. The van der Waals surface area contributed by atoms with Crippen LogP contribution < -0.4 is 11.1 Å². The number of fused-ring (bicyclic) bond motifs is 1. The first-order chi connectivity index (χ1) is 14.6. The number of rotatable bonds is 7. The summed E-state index contributed by atoms with van der Waals surface area (Å²) in [5.74, 6) is -0.655. The minimum atomic E-state index is -0.575. The highest BCUT2D eigenvalue weighted by molar-refractivity contribution is 6.31. The van der Waals surface area contributed by atoms with Gasteiger partial charge in [-0.2, -0.15) is 0 Å². The second-order valence-electron chi connectivity index (χ2n) is 7.08. The first-order valence-electron chi connectivity index (χ1n) is 9.77. The van der Waals surface area contributed by atoms with Gasteiger partial charge in [0, 0.05) is 17.5 Å². The van der Waals surface area contributed by atoms with Gasteiger partial charge in [-0.25, -0.2) is 4.79 Å². The Morgan fingerprint density at radius 2 is 1.60 bits per heavy atom. The van der Waals surface area contributed by atoms with Crippen LogP contribution in [0.1, 0.15) is 23.5 Å². The van der Waals surface area contributed by atoms with E-state index in [4.69, 9.17) is 16.0 Å². The summed E-state index contributed by atoms with van der Waals surface area (Å²) in [6.07, 6.45) is 0.743. The third-order valence-corrected chi connectivity index (χ3v) is 5.33. The van der Waals surface area contributed by atoms with Crippen molar-refractivity contribution in [2.45, 2.75) is 18.9 Å². The average Bonchev–Trinajstić information content (AvgIpc) is 3.07. The van der Waals surface area contributed by atoms with Crippen molar-refractivity contribution in [3.63, 3.8) is 0 Å². The number of aromatic nitrogens is 1. The van der Waals surface area contributed by atoms with Gasteiger partial charge in [0.15, 0.2) is 5.58 Å². The Hall–Kier alpha value is -3.31. The Bertz CT molecular complexity index is 1160. The van der Waals surface area contributed by atoms with Gasteiger partial charge in [-0.3, -0.25) is 9.36 Å². The van der Waals surface area contributed by atoms with E-state index in [9.17, 15) is 9.59 Å². The smallest absolute Gasteiger partial charge is 0.408 e. The van der Waals surface area contributed by atoms with Crippen LogP contribution in [0.3, 0.4) is 0 Å². The molecule has 30 heavy (non-hydrogen) atoms. The molecule has 0 spiro atoms. The van der Waals surface area contributed by atoms with Gasteiger partial charge in [-0.1, -0.05) is 72.3 Å². The maximum Gasteiger partial charge on any atom is 0.420 e. The van der Waals surface area contributed by atoms with Gasteiger partial charge >= 0.3 is 5.76 Å². The molecule has 5 nitrogen and oxygen atoms in total. The Morgan fingerprint density at radius 1 is 0.967 bits per heavy atom. The number of oxazole rings is 1. The molecule has 1 heterocycles. The Balaban J connectivity index is 1.44. The molecular weight excluding hydrogens is 400 g/mol. The van der Waals surface area contributed by atoms with Gasteiger partial charge in [0.1, 0.15) is 6.54 Å². The predicted molar refractivity (Wildman–Crippen MR) is 118 cm³/mol. The van der Waals surface area contributed by atoms with Crippen LogP contribution in [0.25, 0.3) is 11.1 Å². The molecule has 4 rings (SSSR count). The van der Waals surface area contributed by atoms with Gasteiger partial charge in [0.25, 0.3) is 0 Å². The summed E-state index contributed by atoms with van der Waals surface area (Å²) in [4.78, 5) is 24.6.